The van der Waals surface area contributed by atoms with Crippen molar-refractivity contribution in [3.63, 3.8) is 0 Å². The van der Waals surface area contributed by atoms with Gasteiger partial charge in [-0.25, -0.2) is 0 Å². The largest absolute Gasteiger partial charge is 0.484 e. The molecule has 1 fully saturated rings. The fourth-order valence-corrected chi connectivity index (χ4v) is 3.13. The van der Waals surface area contributed by atoms with Crippen molar-refractivity contribution in [2.75, 3.05) is 6.61 Å². The van der Waals surface area contributed by atoms with Gasteiger partial charge in [0.05, 0.1) is 36.3 Å². The molecule has 4 N–H and O–H groups in total. The van der Waals surface area contributed by atoms with Crippen LogP contribution >= 0.6 is 0 Å². The van der Waals surface area contributed by atoms with Gasteiger partial charge in [-0.1, -0.05) is 18.2 Å². The first-order valence-electron chi connectivity index (χ1n) is 9.71. The van der Waals surface area contributed by atoms with Crippen LogP contribution in [0.4, 0.5) is 0 Å². The van der Waals surface area contributed by atoms with Crippen molar-refractivity contribution in [3.05, 3.63) is 54.1 Å². The fourth-order valence-electron chi connectivity index (χ4n) is 3.13. The first-order valence-corrected chi connectivity index (χ1v) is 9.71. The molecule has 1 aliphatic rings. The summed E-state index contributed by atoms with van der Waals surface area (Å²) in [5.41, 5.74) is 1.48. The molecule has 1 aliphatic carbocycles. The summed E-state index contributed by atoms with van der Waals surface area (Å²) in [4.78, 5) is 41.1. The number of aliphatic hydroxyl groups is 1. The number of aromatic nitrogens is 2. The van der Waals surface area contributed by atoms with Gasteiger partial charge in [-0.05, 0) is 31.9 Å². The molecular weight excluding hydrogens is 404 g/mol. The SMILES string of the molecule is Cc1cnc(CNC(=O)[C@H]2C[C@H](NC(=O)COc3ccccc3)[C@@H](O)C2)cn1.O=CO. The molecule has 1 heterocycles. The second-order valence-corrected chi connectivity index (χ2v) is 6.98. The minimum Gasteiger partial charge on any atom is -0.484 e. The number of carbonyl (C=O) groups is 3. The lowest BCUT2D eigenvalue weighted by molar-refractivity contribution is -0.126. The molecule has 31 heavy (non-hydrogen) atoms. The number of nitrogens with zero attached hydrogens (tertiary/aromatic N) is 2. The van der Waals surface area contributed by atoms with Gasteiger partial charge in [0.25, 0.3) is 12.4 Å². The van der Waals surface area contributed by atoms with Crippen molar-refractivity contribution in [3.8, 4) is 5.75 Å². The van der Waals surface area contributed by atoms with Crippen molar-refractivity contribution >= 4 is 18.3 Å². The Morgan fingerprint density at radius 2 is 1.90 bits per heavy atom. The fraction of sp³-hybridized carbons (Fsp3) is 0.381. The molecule has 1 aromatic heterocycles. The van der Waals surface area contributed by atoms with E-state index in [-0.39, 0.29) is 37.4 Å². The quantitative estimate of drug-likeness (QED) is 0.462. The summed E-state index contributed by atoms with van der Waals surface area (Å²) >= 11 is 0. The van der Waals surface area contributed by atoms with Crippen LogP contribution in [0.25, 0.3) is 0 Å². The number of aliphatic hydroxyl groups excluding tert-OH is 1. The van der Waals surface area contributed by atoms with Crippen LogP contribution in [0.15, 0.2) is 42.7 Å². The Morgan fingerprint density at radius 3 is 2.55 bits per heavy atom. The molecule has 0 radical (unpaired) electrons. The van der Waals surface area contributed by atoms with E-state index in [1.165, 1.54) is 0 Å². The van der Waals surface area contributed by atoms with Gasteiger partial charge in [0.15, 0.2) is 6.61 Å². The van der Waals surface area contributed by atoms with Gasteiger partial charge in [-0.3, -0.25) is 24.4 Å². The zero-order valence-electron chi connectivity index (χ0n) is 17.1. The van der Waals surface area contributed by atoms with Gasteiger partial charge in [0, 0.05) is 12.1 Å². The summed E-state index contributed by atoms with van der Waals surface area (Å²) in [5.74, 6) is -0.266. The highest BCUT2D eigenvalue weighted by Crippen LogP contribution is 2.26. The van der Waals surface area contributed by atoms with Crippen molar-refractivity contribution in [2.24, 2.45) is 5.92 Å². The van der Waals surface area contributed by atoms with Gasteiger partial charge in [-0.2, -0.15) is 0 Å². The molecule has 2 aromatic rings. The molecule has 2 amide bonds. The second-order valence-electron chi connectivity index (χ2n) is 6.98. The molecule has 10 heteroatoms. The molecule has 10 nitrogen and oxygen atoms in total. The molecule has 3 atom stereocenters. The summed E-state index contributed by atoms with van der Waals surface area (Å²) in [6, 6.07) is 8.55. The molecule has 0 bridgehead atoms. The Hall–Kier alpha value is -3.53. The monoisotopic (exact) mass is 430 g/mol. The number of para-hydroxylation sites is 1. The Labute approximate surface area is 179 Å². The summed E-state index contributed by atoms with van der Waals surface area (Å²) in [6.07, 6.45) is 3.17. The Balaban J connectivity index is 0.00000107. The van der Waals surface area contributed by atoms with Gasteiger partial charge >= 0.3 is 0 Å². The van der Waals surface area contributed by atoms with E-state index in [1.54, 1.807) is 24.5 Å². The number of hydrogen-bond acceptors (Lipinski definition) is 7. The van der Waals surface area contributed by atoms with Crippen molar-refractivity contribution in [1.82, 2.24) is 20.6 Å². The normalized spacial score (nSPS) is 19.5. The highest BCUT2D eigenvalue weighted by Gasteiger charge is 2.37. The van der Waals surface area contributed by atoms with Gasteiger partial charge < -0.3 is 25.6 Å². The zero-order valence-corrected chi connectivity index (χ0v) is 17.1. The van der Waals surface area contributed by atoms with Crippen molar-refractivity contribution in [2.45, 2.75) is 38.5 Å². The molecular formula is C21H26N4O6. The molecule has 0 unspecified atom stereocenters. The van der Waals surface area contributed by atoms with Crippen LogP contribution in [-0.2, 0) is 20.9 Å². The van der Waals surface area contributed by atoms with Gasteiger partial charge in [-0.15, -0.1) is 0 Å². The van der Waals surface area contributed by atoms with Crippen LogP contribution in [0, 0.1) is 12.8 Å². The highest BCUT2D eigenvalue weighted by molar-refractivity contribution is 5.80. The zero-order chi connectivity index (χ0) is 22.6. The minimum atomic E-state index is -0.768. The minimum absolute atomic E-state index is 0.143. The maximum Gasteiger partial charge on any atom is 0.290 e. The standard InChI is InChI=1S/C20H24N4O4.CH2O2/c1-13-9-22-15(10-21-13)11-23-20(27)14-7-17(18(25)8-14)24-19(26)12-28-16-5-3-2-4-6-16;2-1-3/h2-6,9-10,14,17-18,25H,7-8,11-12H2,1H3,(H,23,27)(H,24,26);1H,(H,2,3)/t14-,17-,18-;/m0./s1. The van der Waals surface area contributed by atoms with E-state index >= 15 is 0 Å². The average Bonchev–Trinajstić information content (AvgIpc) is 3.13. The van der Waals surface area contributed by atoms with Crippen molar-refractivity contribution in [1.29, 1.82) is 0 Å². The van der Waals surface area contributed by atoms with Crippen LogP contribution in [0.3, 0.4) is 0 Å². The van der Waals surface area contributed by atoms with E-state index in [2.05, 4.69) is 20.6 Å². The van der Waals surface area contributed by atoms with E-state index in [0.29, 0.717) is 24.3 Å². The molecule has 0 saturated heterocycles. The molecule has 1 saturated carbocycles. The Bertz CT molecular complexity index is 847. The maximum atomic E-state index is 12.4. The lowest BCUT2D eigenvalue weighted by Crippen LogP contribution is -2.42. The summed E-state index contributed by atoms with van der Waals surface area (Å²) in [7, 11) is 0. The highest BCUT2D eigenvalue weighted by atomic mass is 16.5. The van der Waals surface area contributed by atoms with Crippen LogP contribution in [0.1, 0.15) is 24.2 Å². The lowest BCUT2D eigenvalue weighted by Gasteiger charge is -2.16. The van der Waals surface area contributed by atoms with E-state index in [1.807, 2.05) is 25.1 Å². The van der Waals surface area contributed by atoms with Gasteiger partial charge in [0.2, 0.25) is 5.91 Å². The number of rotatable bonds is 7. The van der Waals surface area contributed by atoms with Crippen molar-refractivity contribution < 1.29 is 29.3 Å². The second kappa shape index (κ2) is 12.2. The van der Waals surface area contributed by atoms with E-state index < -0.39 is 12.1 Å². The maximum absolute atomic E-state index is 12.4. The molecule has 3 rings (SSSR count). The smallest absolute Gasteiger partial charge is 0.290 e. The molecule has 1 aromatic carbocycles. The molecule has 166 valence electrons. The Kier molecular flexibility index (Phi) is 9.37. The number of aryl methyl sites for hydroxylation is 1. The topological polar surface area (TPSA) is 151 Å². The van der Waals surface area contributed by atoms with Crippen LogP contribution < -0.4 is 15.4 Å². The predicted molar refractivity (Wildman–Crippen MR) is 110 cm³/mol. The van der Waals surface area contributed by atoms with Crippen LogP contribution in [0.5, 0.6) is 5.75 Å². The number of benzene rings is 1. The third-order valence-corrected chi connectivity index (χ3v) is 4.64. The first-order chi connectivity index (χ1) is 14.9. The van der Waals surface area contributed by atoms with Crippen LogP contribution in [0.2, 0.25) is 0 Å². The van der Waals surface area contributed by atoms with E-state index in [4.69, 9.17) is 14.6 Å². The van der Waals surface area contributed by atoms with Crippen LogP contribution in [-0.4, -0.2) is 57.2 Å². The number of ether oxygens (including phenoxy) is 1. The summed E-state index contributed by atoms with van der Waals surface area (Å²) in [5, 5.41) is 22.6. The third-order valence-electron chi connectivity index (χ3n) is 4.64. The third kappa shape index (κ3) is 8.01. The number of carboxylic acid groups (broad SMARTS) is 1. The number of amides is 2. The van der Waals surface area contributed by atoms with Gasteiger partial charge in [0.1, 0.15) is 5.75 Å². The van der Waals surface area contributed by atoms with E-state index in [9.17, 15) is 14.7 Å². The Morgan fingerprint density at radius 1 is 1.19 bits per heavy atom. The average molecular weight is 430 g/mol. The molecule has 0 aliphatic heterocycles. The first kappa shape index (κ1) is 23.7. The number of nitrogens with one attached hydrogen (secondary N) is 2. The number of hydrogen-bond donors (Lipinski definition) is 4. The number of carbonyl (C=O) groups excluding carboxylic acids is 2. The van der Waals surface area contributed by atoms with E-state index in [0.717, 1.165) is 5.69 Å². The summed E-state index contributed by atoms with van der Waals surface area (Å²) in [6.45, 7) is 1.73. The predicted octanol–water partition coefficient (Wildman–Crippen LogP) is 0.437. The lowest BCUT2D eigenvalue weighted by atomic mass is 10.1. The molecule has 0 spiro atoms. The summed E-state index contributed by atoms with van der Waals surface area (Å²) < 4.78 is 5.40.